The second-order valence-electron chi connectivity index (χ2n) is 2.93. The number of benzene rings is 1. The highest BCUT2D eigenvalue weighted by molar-refractivity contribution is 6.30. The zero-order valence-electron chi connectivity index (χ0n) is 7.39. The van der Waals surface area contributed by atoms with E-state index in [1.54, 1.807) is 0 Å². The molecule has 0 aliphatic heterocycles. The van der Waals surface area contributed by atoms with Crippen molar-refractivity contribution in [3.63, 3.8) is 0 Å². The van der Waals surface area contributed by atoms with Crippen LogP contribution in [0.15, 0.2) is 30.5 Å². The van der Waals surface area contributed by atoms with Crippen LogP contribution < -0.4 is 5.73 Å². The van der Waals surface area contributed by atoms with Crippen LogP contribution in [0.4, 0.5) is 5.82 Å². The summed E-state index contributed by atoms with van der Waals surface area (Å²) in [6.45, 7) is 0.581. The first-order valence-electron chi connectivity index (χ1n) is 4.14. The molecule has 0 spiro atoms. The minimum absolute atomic E-state index is 0.423. The number of nitrogens with two attached hydrogens (primary N) is 1. The number of nitrogens with zero attached hydrogens (tertiary/aromatic N) is 3. The van der Waals surface area contributed by atoms with E-state index in [1.165, 1.54) is 11.0 Å². The van der Waals surface area contributed by atoms with Crippen molar-refractivity contribution in [1.82, 2.24) is 15.0 Å². The van der Waals surface area contributed by atoms with E-state index >= 15 is 0 Å². The molecule has 14 heavy (non-hydrogen) atoms. The minimum Gasteiger partial charge on any atom is -0.381 e. The van der Waals surface area contributed by atoms with Gasteiger partial charge >= 0.3 is 0 Å². The fourth-order valence-corrected chi connectivity index (χ4v) is 1.40. The van der Waals surface area contributed by atoms with Crippen LogP contribution >= 0.6 is 11.6 Å². The zero-order chi connectivity index (χ0) is 9.97. The Balaban J connectivity index is 2.18. The maximum Gasteiger partial charge on any atom is 0.165 e. The highest BCUT2D eigenvalue weighted by Gasteiger charge is 1.98. The van der Waals surface area contributed by atoms with Crippen molar-refractivity contribution < 1.29 is 0 Å². The molecular weight excluding hydrogens is 200 g/mol. The van der Waals surface area contributed by atoms with E-state index in [2.05, 4.69) is 10.2 Å². The van der Waals surface area contributed by atoms with E-state index in [-0.39, 0.29) is 0 Å². The molecule has 0 aliphatic rings. The Morgan fingerprint density at radius 2 is 2.29 bits per heavy atom. The third kappa shape index (κ3) is 2.03. The monoisotopic (exact) mass is 208 g/mol. The van der Waals surface area contributed by atoms with Gasteiger partial charge in [-0.2, -0.15) is 9.90 Å². The van der Waals surface area contributed by atoms with Crippen LogP contribution in [0.5, 0.6) is 0 Å². The van der Waals surface area contributed by atoms with Crippen molar-refractivity contribution in [3.05, 3.63) is 41.0 Å². The molecule has 2 rings (SSSR count). The highest BCUT2D eigenvalue weighted by Crippen LogP contribution is 2.11. The number of hydrogen-bond acceptors (Lipinski definition) is 3. The highest BCUT2D eigenvalue weighted by atomic mass is 35.5. The lowest BCUT2D eigenvalue weighted by molar-refractivity contribution is 0.593. The van der Waals surface area contributed by atoms with E-state index in [4.69, 9.17) is 17.3 Å². The molecule has 0 atom stereocenters. The average molecular weight is 209 g/mol. The van der Waals surface area contributed by atoms with Crippen molar-refractivity contribution in [2.45, 2.75) is 6.54 Å². The Morgan fingerprint density at radius 3 is 2.93 bits per heavy atom. The van der Waals surface area contributed by atoms with E-state index < -0.39 is 0 Å². The van der Waals surface area contributed by atoms with E-state index in [9.17, 15) is 0 Å². The van der Waals surface area contributed by atoms with Crippen LogP contribution in [-0.4, -0.2) is 15.0 Å². The van der Waals surface area contributed by atoms with Gasteiger partial charge in [-0.3, -0.25) is 0 Å². The van der Waals surface area contributed by atoms with Gasteiger partial charge in [0.25, 0.3) is 0 Å². The summed E-state index contributed by atoms with van der Waals surface area (Å²) < 4.78 is 0. The van der Waals surface area contributed by atoms with E-state index in [1.807, 2.05) is 24.3 Å². The van der Waals surface area contributed by atoms with Crippen LogP contribution in [0.2, 0.25) is 5.02 Å². The average Bonchev–Trinajstić information content (AvgIpc) is 2.51. The summed E-state index contributed by atoms with van der Waals surface area (Å²) in [6, 6.07) is 7.56. The van der Waals surface area contributed by atoms with Crippen molar-refractivity contribution >= 4 is 17.4 Å². The molecule has 0 saturated carbocycles. The van der Waals surface area contributed by atoms with Crippen LogP contribution in [0.1, 0.15) is 5.56 Å². The first-order chi connectivity index (χ1) is 6.74. The summed E-state index contributed by atoms with van der Waals surface area (Å²) in [4.78, 5) is 1.53. The molecule has 4 nitrogen and oxygen atoms in total. The Hall–Kier alpha value is -1.55. The van der Waals surface area contributed by atoms with Gasteiger partial charge in [-0.1, -0.05) is 23.7 Å². The van der Waals surface area contributed by atoms with Crippen LogP contribution in [0.25, 0.3) is 0 Å². The SMILES string of the molecule is Nc1cnn(Cc2cccc(Cl)c2)n1. The first kappa shape index (κ1) is 9.02. The van der Waals surface area contributed by atoms with Gasteiger partial charge in [0.2, 0.25) is 0 Å². The summed E-state index contributed by atoms with van der Waals surface area (Å²) in [5, 5.41) is 8.66. The second kappa shape index (κ2) is 3.67. The van der Waals surface area contributed by atoms with Gasteiger partial charge in [-0.05, 0) is 17.7 Å². The molecule has 0 radical (unpaired) electrons. The number of rotatable bonds is 2. The number of halogens is 1. The zero-order valence-corrected chi connectivity index (χ0v) is 8.15. The Labute approximate surface area is 86.3 Å². The molecule has 0 saturated heterocycles. The Bertz CT molecular complexity index is 438. The Morgan fingerprint density at radius 1 is 1.43 bits per heavy atom. The van der Waals surface area contributed by atoms with Crippen LogP contribution in [0.3, 0.4) is 0 Å². The number of nitrogen functional groups attached to an aromatic ring is 1. The third-order valence-corrected chi connectivity index (χ3v) is 2.00. The topological polar surface area (TPSA) is 56.7 Å². The largest absolute Gasteiger partial charge is 0.381 e. The lowest BCUT2D eigenvalue weighted by Gasteiger charge is -2.00. The van der Waals surface area contributed by atoms with Crippen molar-refractivity contribution in [3.8, 4) is 0 Å². The lowest BCUT2D eigenvalue weighted by atomic mass is 10.2. The summed E-state index contributed by atoms with van der Waals surface area (Å²) in [5.74, 6) is 0.423. The molecule has 5 heteroatoms. The summed E-state index contributed by atoms with van der Waals surface area (Å²) in [5.41, 5.74) is 6.49. The molecule has 1 aromatic carbocycles. The lowest BCUT2D eigenvalue weighted by Crippen LogP contribution is -2.03. The van der Waals surface area contributed by atoms with Gasteiger partial charge in [0.05, 0.1) is 12.7 Å². The third-order valence-electron chi connectivity index (χ3n) is 1.77. The predicted octanol–water partition coefficient (Wildman–Crippen LogP) is 1.56. The second-order valence-corrected chi connectivity index (χ2v) is 3.37. The first-order valence-corrected chi connectivity index (χ1v) is 4.52. The quantitative estimate of drug-likeness (QED) is 0.815. The number of hydrogen-bond donors (Lipinski definition) is 1. The van der Waals surface area contributed by atoms with E-state index in [0.29, 0.717) is 17.4 Å². The summed E-state index contributed by atoms with van der Waals surface area (Å²) in [6.07, 6.45) is 1.52. The molecule has 1 aromatic heterocycles. The number of aromatic nitrogens is 3. The number of anilines is 1. The molecule has 2 aromatic rings. The molecule has 72 valence electrons. The summed E-state index contributed by atoms with van der Waals surface area (Å²) in [7, 11) is 0. The predicted molar refractivity (Wildman–Crippen MR) is 55.0 cm³/mol. The molecular formula is C9H9ClN4. The molecule has 0 fully saturated rings. The van der Waals surface area contributed by atoms with Gasteiger partial charge in [-0.25, -0.2) is 0 Å². The fourth-order valence-electron chi connectivity index (χ4n) is 1.19. The maximum atomic E-state index is 5.84. The van der Waals surface area contributed by atoms with Crippen LogP contribution in [0, 0.1) is 0 Å². The molecule has 0 bridgehead atoms. The standard InChI is InChI=1S/C9H9ClN4/c10-8-3-1-2-7(4-8)6-14-12-5-9(11)13-14/h1-5H,6H2,(H2,11,13). The molecule has 0 unspecified atom stereocenters. The van der Waals surface area contributed by atoms with Gasteiger partial charge in [0.1, 0.15) is 0 Å². The van der Waals surface area contributed by atoms with Gasteiger partial charge < -0.3 is 5.73 Å². The van der Waals surface area contributed by atoms with Gasteiger partial charge in [0.15, 0.2) is 5.82 Å². The van der Waals surface area contributed by atoms with Crippen LogP contribution in [-0.2, 0) is 6.54 Å². The molecule has 1 heterocycles. The maximum absolute atomic E-state index is 5.84. The van der Waals surface area contributed by atoms with Crippen molar-refractivity contribution in [2.24, 2.45) is 0 Å². The smallest absolute Gasteiger partial charge is 0.165 e. The summed E-state index contributed by atoms with van der Waals surface area (Å²) >= 11 is 5.84. The minimum atomic E-state index is 0.423. The van der Waals surface area contributed by atoms with Crippen molar-refractivity contribution in [1.29, 1.82) is 0 Å². The molecule has 0 amide bonds. The normalized spacial score (nSPS) is 10.4. The van der Waals surface area contributed by atoms with Gasteiger partial charge in [0, 0.05) is 5.02 Å². The molecule has 0 aliphatic carbocycles. The van der Waals surface area contributed by atoms with Crippen molar-refractivity contribution in [2.75, 3.05) is 5.73 Å². The Kier molecular flexibility index (Phi) is 2.37. The molecule has 2 N–H and O–H groups in total. The van der Waals surface area contributed by atoms with E-state index in [0.717, 1.165) is 5.56 Å². The fraction of sp³-hybridized carbons (Fsp3) is 0.111. The van der Waals surface area contributed by atoms with Gasteiger partial charge in [-0.15, -0.1) is 5.10 Å².